The average molecular weight is 274 g/mol. The van der Waals surface area contributed by atoms with Crippen LogP contribution in [0.1, 0.15) is 32.8 Å². The maximum Gasteiger partial charge on any atom is 0.146 e. The highest BCUT2D eigenvalue weighted by Crippen LogP contribution is 2.34. The summed E-state index contributed by atoms with van der Waals surface area (Å²) in [5, 5.41) is 3.43. The molecule has 0 radical (unpaired) electrons. The van der Waals surface area contributed by atoms with Crippen molar-refractivity contribution in [2.75, 3.05) is 25.0 Å². The molecule has 1 N–H and O–H groups in total. The zero-order valence-electron chi connectivity index (χ0n) is 12.9. The number of fused-ring (bicyclic) bond motifs is 1. The Bertz CT molecular complexity index is 474. The highest BCUT2D eigenvalue weighted by molar-refractivity contribution is 5.61. The lowest BCUT2D eigenvalue weighted by atomic mass is 9.85. The molecule has 2 aliphatic rings. The molecule has 110 valence electrons. The number of benzene rings is 1. The molecule has 1 aromatic rings. The lowest BCUT2D eigenvalue weighted by molar-refractivity contribution is 0.0720. The Kier molecular flexibility index (Phi) is 3.88. The fourth-order valence-corrected chi connectivity index (χ4v) is 3.62. The van der Waals surface area contributed by atoms with E-state index in [-0.39, 0.29) is 0 Å². The average Bonchev–Trinajstić information content (AvgIpc) is 2.44. The Morgan fingerprint density at radius 1 is 1.30 bits per heavy atom. The highest BCUT2D eigenvalue weighted by atomic mass is 16.5. The van der Waals surface area contributed by atoms with Crippen LogP contribution in [-0.4, -0.2) is 30.6 Å². The number of piperidine rings is 1. The fourth-order valence-electron chi connectivity index (χ4n) is 3.62. The van der Waals surface area contributed by atoms with Gasteiger partial charge in [0.2, 0.25) is 0 Å². The summed E-state index contributed by atoms with van der Waals surface area (Å²) in [6.45, 7) is 11.0. The molecule has 3 unspecified atom stereocenters. The van der Waals surface area contributed by atoms with Gasteiger partial charge in [0.25, 0.3) is 0 Å². The van der Waals surface area contributed by atoms with Gasteiger partial charge in [-0.2, -0.15) is 0 Å². The van der Waals surface area contributed by atoms with Gasteiger partial charge in [-0.25, -0.2) is 0 Å². The third kappa shape index (κ3) is 2.64. The van der Waals surface area contributed by atoms with Crippen LogP contribution < -0.4 is 10.1 Å². The summed E-state index contributed by atoms with van der Waals surface area (Å²) < 4.78 is 5.90. The number of para-hydroxylation sites is 1. The van der Waals surface area contributed by atoms with Crippen LogP contribution in [0.25, 0.3) is 0 Å². The van der Waals surface area contributed by atoms with Crippen molar-refractivity contribution in [1.82, 2.24) is 4.90 Å². The number of nitrogens with zero attached hydrogens (tertiary/aromatic N) is 1. The number of nitrogens with one attached hydrogen (secondary N) is 1. The van der Waals surface area contributed by atoms with E-state index >= 15 is 0 Å². The van der Waals surface area contributed by atoms with Gasteiger partial charge < -0.3 is 10.1 Å². The van der Waals surface area contributed by atoms with Gasteiger partial charge in [0.05, 0.1) is 5.69 Å². The first-order valence-corrected chi connectivity index (χ1v) is 7.87. The van der Waals surface area contributed by atoms with Crippen LogP contribution in [-0.2, 0) is 6.54 Å². The normalized spacial score (nSPS) is 30.2. The summed E-state index contributed by atoms with van der Waals surface area (Å²) >= 11 is 0. The van der Waals surface area contributed by atoms with Crippen LogP contribution in [0.2, 0.25) is 0 Å². The fraction of sp³-hybridized carbons (Fsp3) is 0.647. The maximum atomic E-state index is 5.90. The van der Waals surface area contributed by atoms with Gasteiger partial charge in [0.1, 0.15) is 12.4 Å². The molecule has 2 aliphatic heterocycles. The summed E-state index contributed by atoms with van der Waals surface area (Å²) in [6.07, 6.45) is 1.35. The van der Waals surface area contributed by atoms with Crippen molar-refractivity contribution in [1.29, 1.82) is 0 Å². The second kappa shape index (κ2) is 5.65. The van der Waals surface area contributed by atoms with Gasteiger partial charge in [-0.05, 0) is 31.2 Å². The van der Waals surface area contributed by atoms with E-state index in [1.165, 1.54) is 18.5 Å². The smallest absolute Gasteiger partial charge is 0.146 e. The first kappa shape index (κ1) is 13.7. The Morgan fingerprint density at radius 2 is 2.15 bits per heavy atom. The molecule has 1 fully saturated rings. The van der Waals surface area contributed by atoms with E-state index in [0.29, 0.717) is 6.04 Å². The first-order valence-electron chi connectivity index (χ1n) is 7.87. The zero-order valence-corrected chi connectivity index (χ0v) is 12.9. The second-order valence-corrected chi connectivity index (χ2v) is 6.56. The zero-order chi connectivity index (χ0) is 14.1. The van der Waals surface area contributed by atoms with E-state index in [1.807, 2.05) is 0 Å². The second-order valence-electron chi connectivity index (χ2n) is 6.56. The van der Waals surface area contributed by atoms with Crippen molar-refractivity contribution < 1.29 is 4.74 Å². The van der Waals surface area contributed by atoms with E-state index in [0.717, 1.165) is 43.0 Å². The van der Waals surface area contributed by atoms with E-state index < -0.39 is 0 Å². The summed E-state index contributed by atoms with van der Waals surface area (Å²) in [5.74, 6) is 2.63. The SMILES string of the molecule is CC1CC(C)C(C)N(Cc2cccc3c2OCCN3)C1. The molecule has 0 amide bonds. The van der Waals surface area contributed by atoms with Crippen LogP contribution in [0, 0.1) is 11.8 Å². The minimum Gasteiger partial charge on any atom is -0.489 e. The predicted molar refractivity (Wildman–Crippen MR) is 83.2 cm³/mol. The van der Waals surface area contributed by atoms with Crippen molar-refractivity contribution in [2.45, 2.75) is 39.8 Å². The largest absolute Gasteiger partial charge is 0.489 e. The lowest BCUT2D eigenvalue weighted by Gasteiger charge is -2.41. The highest BCUT2D eigenvalue weighted by Gasteiger charge is 2.29. The van der Waals surface area contributed by atoms with Crippen LogP contribution in [0.5, 0.6) is 5.75 Å². The quantitative estimate of drug-likeness (QED) is 0.895. The molecule has 1 saturated heterocycles. The molecular formula is C17H26N2O. The standard InChI is InChI=1S/C17H26N2O/c1-12-9-13(2)14(3)19(10-12)11-15-5-4-6-16-17(15)20-8-7-18-16/h4-6,12-14,18H,7-11H2,1-3H3. The molecule has 3 atom stereocenters. The van der Waals surface area contributed by atoms with Gasteiger partial charge in [0, 0.05) is 31.2 Å². The predicted octanol–water partition coefficient (Wildman–Crippen LogP) is 3.36. The van der Waals surface area contributed by atoms with Gasteiger partial charge in [0.15, 0.2) is 0 Å². The van der Waals surface area contributed by atoms with Crippen LogP contribution in [0.4, 0.5) is 5.69 Å². The summed E-state index contributed by atoms with van der Waals surface area (Å²) in [4.78, 5) is 2.62. The lowest BCUT2D eigenvalue weighted by Crippen LogP contribution is -2.45. The minimum absolute atomic E-state index is 0.651. The number of anilines is 1. The van der Waals surface area contributed by atoms with Crippen molar-refractivity contribution in [3.05, 3.63) is 23.8 Å². The van der Waals surface area contributed by atoms with Crippen LogP contribution in [0.3, 0.4) is 0 Å². The Balaban J connectivity index is 1.80. The van der Waals surface area contributed by atoms with Gasteiger partial charge in [-0.3, -0.25) is 4.90 Å². The molecule has 0 spiro atoms. The topological polar surface area (TPSA) is 24.5 Å². The number of likely N-dealkylation sites (tertiary alicyclic amines) is 1. The van der Waals surface area contributed by atoms with Gasteiger partial charge >= 0.3 is 0 Å². The van der Waals surface area contributed by atoms with E-state index in [1.54, 1.807) is 0 Å². The Hall–Kier alpha value is -1.22. The molecule has 3 rings (SSSR count). The molecule has 1 aromatic carbocycles. The van der Waals surface area contributed by atoms with Crippen molar-refractivity contribution in [3.63, 3.8) is 0 Å². The summed E-state index contributed by atoms with van der Waals surface area (Å²) in [6, 6.07) is 7.11. The molecule has 0 bridgehead atoms. The number of hydrogen-bond acceptors (Lipinski definition) is 3. The molecule has 0 aliphatic carbocycles. The Morgan fingerprint density at radius 3 is 3.00 bits per heavy atom. The number of hydrogen-bond donors (Lipinski definition) is 1. The monoisotopic (exact) mass is 274 g/mol. The van der Waals surface area contributed by atoms with Gasteiger partial charge in [-0.15, -0.1) is 0 Å². The third-order valence-corrected chi connectivity index (χ3v) is 4.85. The van der Waals surface area contributed by atoms with Crippen molar-refractivity contribution in [2.24, 2.45) is 11.8 Å². The van der Waals surface area contributed by atoms with Crippen LogP contribution in [0.15, 0.2) is 18.2 Å². The number of ether oxygens (including phenoxy) is 1. The molecule has 0 saturated carbocycles. The minimum atomic E-state index is 0.651. The van der Waals surface area contributed by atoms with E-state index in [9.17, 15) is 0 Å². The first-order chi connectivity index (χ1) is 9.65. The van der Waals surface area contributed by atoms with Crippen molar-refractivity contribution >= 4 is 5.69 Å². The third-order valence-electron chi connectivity index (χ3n) is 4.85. The van der Waals surface area contributed by atoms with E-state index in [4.69, 9.17) is 4.74 Å². The number of rotatable bonds is 2. The van der Waals surface area contributed by atoms with Gasteiger partial charge in [-0.1, -0.05) is 26.0 Å². The van der Waals surface area contributed by atoms with Crippen LogP contribution >= 0.6 is 0 Å². The molecule has 2 heterocycles. The van der Waals surface area contributed by atoms with E-state index in [2.05, 4.69) is 49.2 Å². The summed E-state index contributed by atoms with van der Waals surface area (Å²) in [5.41, 5.74) is 2.47. The molecule has 3 heteroatoms. The molecule has 3 nitrogen and oxygen atoms in total. The Labute approximate surface area is 122 Å². The summed E-state index contributed by atoms with van der Waals surface area (Å²) in [7, 11) is 0. The molecular weight excluding hydrogens is 248 g/mol. The maximum absolute atomic E-state index is 5.90. The van der Waals surface area contributed by atoms with Crippen molar-refractivity contribution in [3.8, 4) is 5.75 Å². The molecule has 0 aromatic heterocycles. The molecule has 20 heavy (non-hydrogen) atoms.